The lowest BCUT2D eigenvalue weighted by molar-refractivity contribution is 0.0718. The maximum absolute atomic E-state index is 12.9. The molecule has 0 N–H and O–H groups in total. The van der Waals surface area contributed by atoms with Crippen LogP contribution in [0.3, 0.4) is 0 Å². The molecular weight excluding hydrogens is 321 g/mol. The number of nitrogens with zero attached hydrogens (tertiary/aromatic N) is 3. The zero-order valence-electron chi connectivity index (χ0n) is 11.9. The molecule has 0 unspecified atom stereocenters. The van der Waals surface area contributed by atoms with Gasteiger partial charge in [0, 0.05) is 6.20 Å². The topological polar surface area (TPSA) is 83.3 Å². The third-order valence-corrected chi connectivity index (χ3v) is 5.28. The van der Waals surface area contributed by atoms with Crippen LogP contribution in [0.5, 0.6) is 5.88 Å². The first kappa shape index (κ1) is 15.4. The van der Waals surface area contributed by atoms with Crippen LogP contribution in [0.2, 0.25) is 0 Å². The lowest BCUT2D eigenvalue weighted by Gasteiger charge is -2.37. The van der Waals surface area contributed by atoms with E-state index in [0.29, 0.717) is 5.56 Å². The number of pyridine rings is 1. The largest absolute Gasteiger partial charge is 0.471 e. The van der Waals surface area contributed by atoms with Crippen LogP contribution in [0.25, 0.3) is 0 Å². The van der Waals surface area contributed by atoms with Crippen molar-refractivity contribution in [3.8, 4) is 11.9 Å². The number of aromatic nitrogens is 1. The Morgan fingerprint density at radius 2 is 1.96 bits per heavy atom. The second kappa shape index (κ2) is 5.95. The Hall–Kier alpha value is -2.50. The Morgan fingerprint density at radius 3 is 2.61 bits per heavy atom. The normalized spacial score (nSPS) is 15.7. The molecular formula is C15H12FN3O3S. The summed E-state index contributed by atoms with van der Waals surface area (Å²) in [6, 6.07) is 9.83. The summed E-state index contributed by atoms with van der Waals surface area (Å²) in [6.45, 7) is 0.308. The molecule has 1 saturated heterocycles. The molecule has 1 aromatic carbocycles. The summed E-state index contributed by atoms with van der Waals surface area (Å²) in [6.07, 6.45) is 1.13. The number of ether oxygens (including phenoxy) is 1. The molecule has 1 aliphatic rings. The summed E-state index contributed by atoms with van der Waals surface area (Å²) in [5.41, 5.74) is 0.298. The van der Waals surface area contributed by atoms with Gasteiger partial charge in [0.05, 0.1) is 18.0 Å². The molecule has 0 bridgehead atoms. The summed E-state index contributed by atoms with van der Waals surface area (Å²) < 4.78 is 44.3. The highest BCUT2D eigenvalue weighted by Crippen LogP contribution is 2.25. The molecule has 23 heavy (non-hydrogen) atoms. The van der Waals surface area contributed by atoms with Crippen molar-refractivity contribution in [2.75, 3.05) is 13.1 Å². The Kier molecular flexibility index (Phi) is 3.98. The van der Waals surface area contributed by atoms with E-state index >= 15 is 0 Å². The molecule has 0 radical (unpaired) electrons. The van der Waals surface area contributed by atoms with Crippen LogP contribution in [0.4, 0.5) is 4.39 Å². The predicted octanol–water partition coefficient (Wildman–Crippen LogP) is 1.54. The SMILES string of the molecule is N#Cc1cccnc1OC1CN(S(=O)(=O)c2ccc(F)cc2)C1. The van der Waals surface area contributed by atoms with E-state index in [4.69, 9.17) is 10.00 Å². The van der Waals surface area contributed by atoms with Crippen LogP contribution in [-0.2, 0) is 10.0 Å². The molecule has 6 nitrogen and oxygen atoms in total. The smallest absolute Gasteiger partial charge is 0.243 e. The number of sulfonamides is 1. The van der Waals surface area contributed by atoms with Gasteiger partial charge in [-0.25, -0.2) is 17.8 Å². The zero-order chi connectivity index (χ0) is 16.4. The summed E-state index contributed by atoms with van der Waals surface area (Å²) >= 11 is 0. The molecule has 0 amide bonds. The van der Waals surface area contributed by atoms with E-state index in [9.17, 15) is 12.8 Å². The minimum absolute atomic E-state index is 0.0351. The van der Waals surface area contributed by atoms with E-state index in [1.807, 2.05) is 6.07 Å². The summed E-state index contributed by atoms with van der Waals surface area (Å²) in [4.78, 5) is 4.01. The quantitative estimate of drug-likeness (QED) is 0.847. The molecule has 1 fully saturated rings. The third-order valence-electron chi connectivity index (χ3n) is 3.44. The second-order valence-electron chi connectivity index (χ2n) is 4.98. The zero-order valence-corrected chi connectivity index (χ0v) is 12.7. The van der Waals surface area contributed by atoms with E-state index in [2.05, 4.69) is 4.98 Å². The molecule has 0 spiro atoms. The summed E-state index contributed by atoms with van der Waals surface area (Å²) in [5.74, 6) is -0.299. The van der Waals surface area contributed by atoms with Crippen molar-refractivity contribution < 1.29 is 17.5 Å². The molecule has 1 aromatic heterocycles. The van der Waals surface area contributed by atoms with Gasteiger partial charge in [0.2, 0.25) is 15.9 Å². The molecule has 2 heterocycles. The minimum atomic E-state index is -3.66. The Labute approximate surface area is 132 Å². The highest BCUT2D eigenvalue weighted by Gasteiger charge is 2.38. The fourth-order valence-corrected chi connectivity index (χ4v) is 3.66. The summed E-state index contributed by atoms with van der Waals surface area (Å²) in [7, 11) is -3.66. The monoisotopic (exact) mass is 333 g/mol. The average Bonchev–Trinajstić information content (AvgIpc) is 2.51. The molecule has 0 saturated carbocycles. The van der Waals surface area contributed by atoms with Gasteiger partial charge < -0.3 is 4.74 Å². The second-order valence-corrected chi connectivity index (χ2v) is 6.92. The van der Waals surface area contributed by atoms with Gasteiger partial charge in [-0.2, -0.15) is 9.57 Å². The highest BCUT2D eigenvalue weighted by molar-refractivity contribution is 7.89. The first-order chi connectivity index (χ1) is 11.0. The first-order valence-corrected chi connectivity index (χ1v) is 8.22. The molecule has 118 valence electrons. The van der Waals surface area contributed by atoms with Gasteiger partial charge in [-0.1, -0.05) is 0 Å². The van der Waals surface area contributed by atoms with E-state index in [-0.39, 0.29) is 30.0 Å². The highest BCUT2D eigenvalue weighted by atomic mass is 32.2. The van der Waals surface area contributed by atoms with Gasteiger partial charge in [0.15, 0.2) is 0 Å². The van der Waals surface area contributed by atoms with Gasteiger partial charge in [0.1, 0.15) is 23.6 Å². The van der Waals surface area contributed by atoms with Crippen molar-refractivity contribution in [1.82, 2.24) is 9.29 Å². The Balaban J connectivity index is 1.67. The third kappa shape index (κ3) is 3.02. The van der Waals surface area contributed by atoms with Crippen LogP contribution in [0.15, 0.2) is 47.5 Å². The van der Waals surface area contributed by atoms with Crippen molar-refractivity contribution in [3.05, 3.63) is 54.0 Å². The lowest BCUT2D eigenvalue weighted by Crippen LogP contribution is -2.56. The van der Waals surface area contributed by atoms with Crippen molar-refractivity contribution in [2.45, 2.75) is 11.0 Å². The van der Waals surface area contributed by atoms with Crippen LogP contribution in [0.1, 0.15) is 5.56 Å². The first-order valence-electron chi connectivity index (χ1n) is 6.78. The maximum atomic E-state index is 12.9. The molecule has 0 atom stereocenters. The van der Waals surface area contributed by atoms with Crippen LogP contribution < -0.4 is 4.74 Å². The van der Waals surface area contributed by atoms with Crippen molar-refractivity contribution >= 4 is 10.0 Å². The van der Waals surface area contributed by atoms with Gasteiger partial charge in [0.25, 0.3) is 0 Å². The molecule has 8 heteroatoms. The van der Waals surface area contributed by atoms with Gasteiger partial charge in [-0.3, -0.25) is 0 Å². The average molecular weight is 333 g/mol. The standard InChI is InChI=1S/C15H12FN3O3S/c16-12-3-5-14(6-4-12)23(20,21)19-9-13(10-19)22-15-11(8-17)2-1-7-18-15/h1-7,13H,9-10H2. The van der Waals surface area contributed by atoms with Gasteiger partial charge in [-0.15, -0.1) is 0 Å². The summed E-state index contributed by atoms with van der Waals surface area (Å²) in [5, 5.41) is 8.97. The minimum Gasteiger partial charge on any atom is -0.471 e. The molecule has 1 aliphatic heterocycles. The number of hydrogen-bond acceptors (Lipinski definition) is 5. The van der Waals surface area contributed by atoms with Crippen molar-refractivity contribution in [1.29, 1.82) is 5.26 Å². The number of halogens is 1. The van der Waals surface area contributed by atoms with Crippen LogP contribution >= 0.6 is 0 Å². The molecule has 2 aromatic rings. The molecule has 0 aliphatic carbocycles. The molecule has 3 rings (SSSR count). The Morgan fingerprint density at radius 1 is 1.26 bits per heavy atom. The Bertz CT molecular complexity index is 856. The van der Waals surface area contributed by atoms with Gasteiger partial charge in [-0.05, 0) is 36.4 Å². The number of hydrogen-bond donors (Lipinski definition) is 0. The fourth-order valence-electron chi connectivity index (χ4n) is 2.15. The van der Waals surface area contributed by atoms with Crippen molar-refractivity contribution in [2.24, 2.45) is 0 Å². The maximum Gasteiger partial charge on any atom is 0.243 e. The fraction of sp³-hybridized carbons (Fsp3) is 0.200. The van der Waals surface area contributed by atoms with E-state index in [1.54, 1.807) is 12.1 Å². The van der Waals surface area contributed by atoms with E-state index in [0.717, 1.165) is 12.1 Å². The lowest BCUT2D eigenvalue weighted by atomic mass is 10.2. The van der Waals surface area contributed by atoms with E-state index < -0.39 is 15.8 Å². The van der Waals surface area contributed by atoms with Gasteiger partial charge >= 0.3 is 0 Å². The van der Waals surface area contributed by atoms with E-state index in [1.165, 1.54) is 22.6 Å². The predicted molar refractivity (Wildman–Crippen MR) is 78.5 cm³/mol. The van der Waals surface area contributed by atoms with Crippen LogP contribution in [-0.4, -0.2) is 36.9 Å². The van der Waals surface area contributed by atoms with Crippen LogP contribution in [0, 0.1) is 17.1 Å². The van der Waals surface area contributed by atoms with Crippen molar-refractivity contribution in [3.63, 3.8) is 0 Å². The number of nitriles is 1. The number of benzene rings is 1. The number of rotatable bonds is 4.